The van der Waals surface area contributed by atoms with Crippen LogP contribution in [0.15, 0.2) is 18.2 Å². The molecule has 7 atom stereocenters. The number of hydrogen-bond donors (Lipinski definition) is 3. The minimum Gasteiger partial charge on any atom is -0.508 e. The van der Waals surface area contributed by atoms with Gasteiger partial charge in [-0.25, -0.2) is 0 Å². The van der Waals surface area contributed by atoms with E-state index in [0.29, 0.717) is 29.9 Å². The first kappa shape index (κ1) is 16.9. The summed E-state index contributed by atoms with van der Waals surface area (Å²) < 4.78 is 0. The summed E-state index contributed by atoms with van der Waals surface area (Å²) in [6.45, 7) is 2.21. The van der Waals surface area contributed by atoms with Crippen LogP contribution in [0.25, 0.3) is 0 Å². The molecule has 0 aromatic heterocycles. The smallest absolute Gasteiger partial charge is 0.115 e. The summed E-state index contributed by atoms with van der Waals surface area (Å²) >= 11 is 0. The molecule has 0 spiro atoms. The lowest BCUT2D eigenvalue weighted by atomic mass is 9.55. The lowest BCUT2D eigenvalue weighted by Crippen LogP contribution is -2.47. The molecule has 4 heteroatoms. The molecule has 134 valence electrons. The predicted octanol–water partition coefficient (Wildman–Crippen LogP) is 3.11. The number of rotatable bonds is 2. The highest BCUT2D eigenvalue weighted by Gasteiger charge is 2.59. The van der Waals surface area contributed by atoms with E-state index in [1.54, 1.807) is 6.07 Å². The molecule has 0 radical (unpaired) electrons. The number of aliphatic hydroxyl groups is 2. The first-order chi connectivity index (χ1) is 12.0. The van der Waals surface area contributed by atoms with Crippen molar-refractivity contribution >= 4 is 0 Å². The number of nitrogens with zero attached hydrogens (tertiary/aromatic N) is 1. The van der Waals surface area contributed by atoms with Crippen molar-refractivity contribution in [2.75, 3.05) is 0 Å². The second-order valence-corrected chi connectivity index (χ2v) is 8.36. The molecule has 3 aliphatic rings. The van der Waals surface area contributed by atoms with Gasteiger partial charge in [-0.15, -0.1) is 0 Å². The largest absolute Gasteiger partial charge is 0.508 e. The van der Waals surface area contributed by atoms with Gasteiger partial charge in [0, 0.05) is 0 Å². The van der Waals surface area contributed by atoms with Crippen LogP contribution in [-0.4, -0.2) is 27.0 Å². The maximum absolute atomic E-state index is 11.0. The van der Waals surface area contributed by atoms with E-state index in [1.807, 2.05) is 6.07 Å². The summed E-state index contributed by atoms with van der Waals surface area (Å²) in [5.41, 5.74) is 1.37. The Morgan fingerprint density at radius 3 is 2.84 bits per heavy atom. The van der Waals surface area contributed by atoms with Gasteiger partial charge in [-0.3, -0.25) is 0 Å². The fraction of sp³-hybridized carbons (Fsp3) is 0.667. The van der Waals surface area contributed by atoms with Crippen LogP contribution in [-0.2, 0) is 6.42 Å². The van der Waals surface area contributed by atoms with Crippen molar-refractivity contribution in [1.29, 1.82) is 5.26 Å². The fourth-order valence-electron chi connectivity index (χ4n) is 6.37. The lowest BCUT2D eigenvalue weighted by molar-refractivity contribution is -0.0917. The van der Waals surface area contributed by atoms with Gasteiger partial charge in [-0.2, -0.15) is 5.26 Å². The van der Waals surface area contributed by atoms with Crippen molar-refractivity contribution in [3.05, 3.63) is 29.3 Å². The minimum atomic E-state index is -1.24. The molecule has 3 N–H and O–H groups in total. The molecule has 2 saturated carbocycles. The summed E-state index contributed by atoms with van der Waals surface area (Å²) in [7, 11) is 0. The molecular weight excluding hydrogens is 314 g/mol. The molecular formula is C21H27NO3. The molecule has 0 bridgehead atoms. The Morgan fingerprint density at radius 2 is 2.12 bits per heavy atom. The van der Waals surface area contributed by atoms with Crippen LogP contribution in [0.2, 0.25) is 0 Å². The summed E-state index contributed by atoms with van der Waals surface area (Å²) in [5.74, 6) is 2.02. The Labute approximate surface area is 149 Å². The second-order valence-electron chi connectivity index (χ2n) is 8.36. The van der Waals surface area contributed by atoms with Gasteiger partial charge in [0.1, 0.15) is 11.4 Å². The van der Waals surface area contributed by atoms with Crippen molar-refractivity contribution in [3.63, 3.8) is 0 Å². The Hall–Kier alpha value is -1.57. The van der Waals surface area contributed by atoms with Crippen LogP contribution in [0.3, 0.4) is 0 Å². The molecule has 0 aliphatic heterocycles. The van der Waals surface area contributed by atoms with Gasteiger partial charge < -0.3 is 15.3 Å². The van der Waals surface area contributed by atoms with Crippen LogP contribution in [0, 0.1) is 35.0 Å². The zero-order valence-corrected chi connectivity index (χ0v) is 14.7. The molecule has 0 amide bonds. The molecule has 4 rings (SSSR count). The Balaban J connectivity index is 1.73. The van der Waals surface area contributed by atoms with E-state index in [4.69, 9.17) is 5.26 Å². The average molecular weight is 341 g/mol. The van der Waals surface area contributed by atoms with E-state index >= 15 is 0 Å². The molecule has 0 heterocycles. The van der Waals surface area contributed by atoms with Crippen LogP contribution in [0.1, 0.15) is 56.1 Å². The standard InChI is InChI=1S/C21H27NO3/c1-2-12-9-13-10-14(23)3-4-15(13)16-5-6-18-17(20(12)16)11-19(24)21(18,25)7-8-22/h3-4,10,12,16-20,23-25H,2,5-7,9,11H2,1H3. The first-order valence-corrected chi connectivity index (χ1v) is 9.58. The summed E-state index contributed by atoms with van der Waals surface area (Å²) in [4.78, 5) is 0. The number of phenolic OH excluding ortho intramolecular Hbond substituents is 1. The van der Waals surface area contributed by atoms with Gasteiger partial charge in [-0.1, -0.05) is 19.4 Å². The maximum atomic E-state index is 11.0. The number of nitriles is 1. The zero-order valence-electron chi connectivity index (χ0n) is 14.7. The molecule has 1 aromatic rings. The van der Waals surface area contributed by atoms with Crippen molar-refractivity contribution < 1.29 is 15.3 Å². The SMILES string of the molecule is CCC1Cc2cc(O)ccc2C2CCC3C(CC(O)C3(O)CC#N)C12. The first-order valence-electron chi connectivity index (χ1n) is 9.58. The average Bonchev–Trinajstić information content (AvgIpc) is 2.84. The van der Waals surface area contributed by atoms with Gasteiger partial charge in [0.05, 0.1) is 18.6 Å². The van der Waals surface area contributed by atoms with Gasteiger partial charge in [0.2, 0.25) is 0 Å². The highest BCUT2D eigenvalue weighted by Crippen LogP contribution is 2.60. The highest BCUT2D eigenvalue weighted by molar-refractivity contribution is 5.40. The van der Waals surface area contributed by atoms with Crippen LogP contribution in [0.4, 0.5) is 0 Å². The normalized spacial score (nSPS) is 42.2. The van der Waals surface area contributed by atoms with Crippen LogP contribution < -0.4 is 0 Å². The van der Waals surface area contributed by atoms with Crippen molar-refractivity contribution in [1.82, 2.24) is 0 Å². The van der Waals surface area contributed by atoms with E-state index in [0.717, 1.165) is 25.7 Å². The third kappa shape index (κ3) is 2.40. The van der Waals surface area contributed by atoms with Crippen molar-refractivity contribution in [3.8, 4) is 11.8 Å². The number of hydrogen-bond acceptors (Lipinski definition) is 4. The molecule has 25 heavy (non-hydrogen) atoms. The van der Waals surface area contributed by atoms with Gasteiger partial charge in [-0.05, 0) is 78.5 Å². The molecule has 7 unspecified atom stereocenters. The van der Waals surface area contributed by atoms with E-state index in [9.17, 15) is 15.3 Å². The van der Waals surface area contributed by atoms with E-state index in [2.05, 4.69) is 19.1 Å². The van der Waals surface area contributed by atoms with Gasteiger partial charge in [0.25, 0.3) is 0 Å². The summed E-state index contributed by atoms with van der Waals surface area (Å²) in [6, 6.07) is 7.86. The van der Waals surface area contributed by atoms with Gasteiger partial charge in [0.15, 0.2) is 0 Å². The Bertz CT molecular complexity index is 712. The summed E-state index contributed by atoms with van der Waals surface area (Å²) in [6.07, 6.45) is 3.70. The molecule has 4 nitrogen and oxygen atoms in total. The highest BCUT2D eigenvalue weighted by atomic mass is 16.3. The number of aromatic hydroxyl groups is 1. The Kier molecular flexibility index (Phi) is 4.05. The van der Waals surface area contributed by atoms with Crippen molar-refractivity contribution in [2.45, 2.75) is 63.1 Å². The third-order valence-electron chi connectivity index (χ3n) is 7.42. The van der Waals surface area contributed by atoms with Gasteiger partial charge >= 0.3 is 0 Å². The molecule has 1 aromatic carbocycles. The monoisotopic (exact) mass is 341 g/mol. The third-order valence-corrected chi connectivity index (χ3v) is 7.42. The number of fused-ring (bicyclic) bond motifs is 5. The number of benzene rings is 1. The van der Waals surface area contributed by atoms with E-state index in [1.165, 1.54) is 11.1 Å². The second kappa shape index (κ2) is 6.00. The number of phenols is 1. The Morgan fingerprint density at radius 1 is 1.32 bits per heavy atom. The summed E-state index contributed by atoms with van der Waals surface area (Å²) in [5, 5.41) is 40.6. The predicted molar refractivity (Wildman–Crippen MR) is 93.8 cm³/mol. The van der Waals surface area contributed by atoms with Crippen LogP contribution in [0.5, 0.6) is 5.75 Å². The fourth-order valence-corrected chi connectivity index (χ4v) is 6.37. The maximum Gasteiger partial charge on any atom is 0.115 e. The molecule has 3 aliphatic carbocycles. The molecule has 0 saturated heterocycles. The minimum absolute atomic E-state index is 0.0218. The quantitative estimate of drug-likeness (QED) is 0.772. The van der Waals surface area contributed by atoms with Crippen LogP contribution >= 0.6 is 0 Å². The van der Waals surface area contributed by atoms with Crippen molar-refractivity contribution in [2.24, 2.45) is 23.7 Å². The topological polar surface area (TPSA) is 84.5 Å². The molecule has 2 fully saturated rings. The zero-order chi connectivity index (χ0) is 17.8. The van der Waals surface area contributed by atoms with E-state index in [-0.39, 0.29) is 18.3 Å². The number of aliphatic hydroxyl groups excluding tert-OH is 1. The lowest BCUT2D eigenvalue weighted by Gasteiger charge is -2.49. The van der Waals surface area contributed by atoms with E-state index < -0.39 is 11.7 Å².